The Morgan fingerprint density at radius 1 is 1.60 bits per heavy atom. The fourth-order valence-corrected chi connectivity index (χ4v) is 3.75. The summed E-state index contributed by atoms with van der Waals surface area (Å²) >= 11 is 9.42. The van der Waals surface area contributed by atoms with Gasteiger partial charge in [0.15, 0.2) is 0 Å². The van der Waals surface area contributed by atoms with Crippen LogP contribution in [0, 0.1) is 5.92 Å². The summed E-state index contributed by atoms with van der Waals surface area (Å²) in [6, 6.07) is 4.51. The van der Waals surface area contributed by atoms with Crippen LogP contribution in [-0.4, -0.2) is 21.9 Å². The first-order chi connectivity index (χ1) is 9.46. The Balaban J connectivity index is 2.19. The highest BCUT2D eigenvalue weighted by Crippen LogP contribution is 2.34. The van der Waals surface area contributed by atoms with Crippen molar-refractivity contribution >= 4 is 33.4 Å². The van der Waals surface area contributed by atoms with E-state index in [0.717, 1.165) is 24.6 Å². The molecule has 2 unspecified atom stereocenters. The number of halogens is 2. The molecule has 0 radical (unpaired) electrons. The van der Waals surface area contributed by atoms with Gasteiger partial charge >= 0.3 is 0 Å². The SMILES string of the molecule is CC1CCCC(CBr)(NC(=O)c2cc(Cl)ccc2O)C1. The molecule has 2 rings (SSSR count). The van der Waals surface area contributed by atoms with Crippen molar-refractivity contribution in [1.29, 1.82) is 0 Å². The number of amides is 1. The van der Waals surface area contributed by atoms with E-state index >= 15 is 0 Å². The molecule has 1 amide bonds. The van der Waals surface area contributed by atoms with E-state index in [0.29, 0.717) is 10.9 Å². The Bertz CT molecular complexity index is 509. The summed E-state index contributed by atoms with van der Waals surface area (Å²) in [7, 11) is 0. The minimum Gasteiger partial charge on any atom is -0.507 e. The summed E-state index contributed by atoms with van der Waals surface area (Å²) in [5.41, 5.74) is -0.000176. The molecule has 5 heteroatoms. The number of hydrogen-bond donors (Lipinski definition) is 2. The Kier molecular flexibility index (Phi) is 4.97. The lowest BCUT2D eigenvalue weighted by molar-refractivity contribution is 0.0867. The quantitative estimate of drug-likeness (QED) is 0.797. The van der Waals surface area contributed by atoms with Crippen LogP contribution in [0.3, 0.4) is 0 Å². The normalized spacial score (nSPS) is 26.2. The van der Waals surface area contributed by atoms with Crippen LogP contribution in [0.4, 0.5) is 0 Å². The summed E-state index contributed by atoms with van der Waals surface area (Å²) in [6.45, 7) is 2.21. The van der Waals surface area contributed by atoms with E-state index in [1.807, 2.05) is 0 Å². The summed E-state index contributed by atoms with van der Waals surface area (Å²) in [5.74, 6) is 0.286. The van der Waals surface area contributed by atoms with Crippen molar-refractivity contribution in [3.63, 3.8) is 0 Å². The van der Waals surface area contributed by atoms with Crippen LogP contribution in [0.25, 0.3) is 0 Å². The lowest BCUT2D eigenvalue weighted by atomic mass is 9.77. The summed E-state index contributed by atoms with van der Waals surface area (Å²) in [6.07, 6.45) is 4.21. The summed E-state index contributed by atoms with van der Waals surface area (Å²) in [5, 5.41) is 14.1. The van der Waals surface area contributed by atoms with Gasteiger partial charge in [-0.3, -0.25) is 4.79 Å². The van der Waals surface area contributed by atoms with Crippen LogP contribution in [0.5, 0.6) is 5.75 Å². The standard InChI is InChI=1S/C15H19BrClNO2/c1-10-3-2-6-15(8-10,9-16)18-14(20)12-7-11(17)4-5-13(12)19/h4-5,7,10,19H,2-3,6,8-9H2,1H3,(H,18,20). The Morgan fingerprint density at radius 2 is 2.35 bits per heavy atom. The number of rotatable bonds is 3. The van der Waals surface area contributed by atoms with Gasteiger partial charge in [0.25, 0.3) is 5.91 Å². The van der Waals surface area contributed by atoms with E-state index in [9.17, 15) is 9.90 Å². The first-order valence-electron chi connectivity index (χ1n) is 6.83. The second kappa shape index (κ2) is 6.35. The highest BCUT2D eigenvalue weighted by molar-refractivity contribution is 9.09. The van der Waals surface area contributed by atoms with E-state index in [1.54, 1.807) is 6.07 Å². The fourth-order valence-electron chi connectivity index (χ4n) is 2.93. The highest BCUT2D eigenvalue weighted by atomic mass is 79.9. The monoisotopic (exact) mass is 359 g/mol. The largest absolute Gasteiger partial charge is 0.507 e. The third-order valence-corrected chi connectivity index (χ3v) is 5.24. The molecule has 1 fully saturated rings. The van der Waals surface area contributed by atoms with Gasteiger partial charge in [0, 0.05) is 10.4 Å². The lowest BCUT2D eigenvalue weighted by Crippen LogP contribution is -2.52. The minimum atomic E-state index is -0.265. The molecule has 1 aliphatic rings. The maximum atomic E-state index is 12.4. The number of carbonyl (C=O) groups excluding carboxylic acids is 1. The predicted molar refractivity (Wildman–Crippen MR) is 84.7 cm³/mol. The zero-order valence-electron chi connectivity index (χ0n) is 11.5. The van der Waals surface area contributed by atoms with Crippen molar-refractivity contribution in [3.05, 3.63) is 28.8 Å². The van der Waals surface area contributed by atoms with E-state index < -0.39 is 0 Å². The molecule has 0 spiro atoms. The van der Waals surface area contributed by atoms with Crippen LogP contribution in [0.1, 0.15) is 43.0 Å². The third kappa shape index (κ3) is 3.47. The van der Waals surface area contributed by atoms with Crippen molar-refractivity contribution in [3.8, 4) is 5.75 Å². The molecule has 1 aromatic rings. The van der Waals surface area contributed by atoms with Crippen LogP contribution < -0.4 is 5.32 Å². The molecule has 2 atom stereocenters. The van der Waals surface area contributed by atoms with Gasteiger partial charge < -0.3 is 10.4 Å². The minimum absolute atomic E-state index is 0.0412. The number of nitrogens with one attached hydrogen (secondary N) is 1. The van der Waals surface area contributed by atoms with Gasteiger partial charge in [-0.2, -0.15) is 0 Å². The van der Waals surface area contributed by atoms with Gasteiger partial charge in [0.2, 0.25) is 0 Å². The van der Waals surface area contributed by atoms with Gasteiger partial charge in [0.1, 0.15) is 5.75 Å². The number of hydrogen-bond acceptors (Lipinski definition) is 2. The molecule has 110 valence electrons. The molecule has 20 heavy (non-hydrogen) atoms. The first kappa shape index (κ1) is 15.6. The van der Waals surface area contributed by atoms with E-state index in [1.165, 1.54) is 18.6 Å². The Labute approximate surface area is 132 Å². The fraction of sp³-hybridized carbons (Fsp3) is 0.533. The van der Waals surface area contributed by atoms with Crippen molar-refractivity contribution in [2.45, 2.75) is 38.1 Å². The summed E-state index contributed by atoms with van der Waals surface area (Å²) in [4.78, 5) is 12.4. The molecule has 0 saturated heterocycles. The van der Waals surface area contributed by atoms with Gasteiger partial charge in [-0.1, -0.05) is 47.3 Å². The van der Waals surface area contributed by atoms with Crippen LogP contribution in [0.2, 0.25) is 5.02 Å². The maximum absolute atomic E-state index is 12.4. The molecule has 3 nitrogen and oxygen atoms in total. The highest BCUT2D eigenvalue weighted by Gasteiger charge is 2.35. The predicted octanol–water partition coefficient (Wildman–Crippen LogP) is 4.12. The average Bonchev–Trinajstić information content (AvgIpc) is 2.41. The van der Waals surface area contributed by atoms with Crippen LogP contribution in [0.15, 0.2) is 18.2 Å². The molecule has 0 bridgehead atoms. The number of benzene rings is 1. The zero-order valence-corrected chi connectivity index (χ0v) is 13.8. The first-order valence-corrected chi connectivity index (χ1v) is 8.33. The van der Waals surface area contributed by atoms with Crippen molar-refractivity contribution in [2.24, 2.45) is 5.92 Å². The second-order valence-electron chi connectivity index (χ2n) is 5.73. The molecule has 2 N–H and O–H groups in total. The molecule has 1 saturated carbocycles. The topological polar surface area (TPSA) is 49.3 Å². The number of carbonyl (C=O) groups is 1. The van der Waals surface area contributed by atoms with Crippen LogP contribution >= 0.6 is 27.5 Å². The number of alkyl halides is 1. The van der Waals surface area contributed by atoms with Gasteiger partial charge in [-0.15, -0.1) is 0 Å². The van der Waals surface area contributed by atoms with Crippen molar-refractivity contribution in [1.82, 2.24) is 5.32 Å². The second-order valence-corrected chi connectivity index (χ2v) is 6.73. The summed E-state index contributed by atoms with van der Waals surface area (Å²) < 4.78 is 0. The van der Waals surface area contributed by atoms with Crippen LogP contribution in [-0.2, 0) is 0 Å². The van der Waals surface area contributed by atoms with Gasteiger partial charge in [-0.05, 0) is 37.0 Å². The van der Waals surface area contributed by atoms with Gasteiger partial charge in [0.05, 0.1) is 11.1 Å². The molecular formula is C15H19BrClNO2. The molecule has 1 aromatic carbocycles. The third-order valence-electron chi connectivity index (χ3n) is 3.93. The van der Waals surface area contributed by atoms with E-state index in [2.05, 4.69) is 28.2 Å². The number of phenols is 1. The van der Waals surface area contributed by atoms with E-state index in [-0.39, 0.29) is 22.8 Å². The molecular weight excluding hydrogens is 342 g/mol. The van der Waals surface area contributed by atoms with Crippen molar-refractivity contribution < 1.29 is 9.90 Å². The van der Waals surface area contributed by atoms with Gasteiger partial charge in [-0.25, -0.2) is 0 Å². The van der Waals surface area contributed by atoms with E-state index in [4.69, 9.17) is 11.6 Å². The molecule has 1 aliphatic carbocycles. The number of phenolic OH excluding ortho intramolecular Hbond substituents is 1. The Morgan fingerprint density at radius 3 is 3.00 bits per heavy atom. The maximum Gasteiger partial charge on any atom is 0.255 e. The lowest BCUT2D eigenvalue weighted by Gasteiger charge is -2.39. The zero-order chi connectivity index (χ0) is 14.8. The average molecular weight is 361 g/mol. The number of aromatic hydroxyl groups is 1. The molecule has 0 heterocycles. The smallest absolute Gasteiger partial charge is 0.255 e. The molecule has 0 aliphatic heterocycles. The Hall–Kier alpha value is -0.740. The van der Waals surface area contributed by atoms with Crippen molar-refractivity contribution in [2.75, 3.05) is 5.33 Å². The molecule has 0 aromatic heterocycles.